The van der Waals surface area contributed by atoms with Crippen LogP contribution in [-0.2, 0) is 0 Å². The van der Waals surface area contributed by atoms with E-state index in [1.54, 1.807) is 19.2 Å². The van der Waals surface area contributed by atoms with Crippen molar-refractivity contribution in [2.45, 2.75) is 6.42 Å². The molecular weight excluding hydrogens is 258 g/mol. The highest BCUT2D eigenvalue weighted by atomic mass is 16.3. The minimum Gasteiger partial charge on any atom is -0.508 e. The van der Waals surface area contributed by atoms with E-state index in [4.69, 9.17) is 0 Å². The van der Waals surface area contributed by atoms with Crippen LogP contribution in [-0.4, -0.2) is 33.9 Å². The van der Waals surface area contributed by atoms with E-state index < -0.39 is 11.2 Å². The lowest BCUT2D eigenvalue weighted by atomic mass is 10.2. The Kier molecular flexibility index (Phi) is 4.05. The van der Waals surface area contributed by atoms with Gasteiger partial charge in [-0.05, 0) is 12.1 Å². The average Bonchev–Trinajstić information content (AvgIpc) is 2.45. The van der Waals surface area contributed by atoms with Gasteiger partial charge in [0.15, 0.2) is 11.5 Å². The first-order chi connectivity index (χ1) is 9.61. The van der Waals surface area contributed by atoms with Crippen LogP contribution in [0.15, 0.2) is 46.3 Å². The molecule has 6 nitrogen and oxygen atoms in total. The zero-order chi connectivity index (χ0) is 14.5. The number of hydrogen-bond acceptors (Lipinski definition) is 5. The first-order valence-corrected chi connectivity index (χ1v) is 5.95. The summed E-state index contributed by atoms with van der Waals surface area (Å²) in [6.45, 7) is 0. The molecule has 0 bridgehead atoms. The molecule has 1 aromatic carbocycles. The number of phenols is 1. The molecule has 0 amide bonds. The third-order valence-corrected chi connectivity index (χ3v) is 2.63. The predicted molar refractivity (Wildman–Crippen MR) is 74.9 cm³/mol. The van der Waals surface area contributed by atoms with E-state index in [0.717, 1.165) is 0 Å². The molecule has 0 aliphatic carbocycles. The van der Waals surface area contributed by atoms with Crippen LogP contribution in [0.5, 0.6) is 5.75 Å². The smallest absolute Gasteiger partial charge is 0.211 e. The number of ketones is 1. The van der Waals surface area contributed by atoms with Gasteiger partial charge >= 0.3 is 0 Å². The van der Waals surface area contributed by atoms with Crippen LogP contribution in [0.3, 0.4) is 0 Å². The molecule has 0 aliphatic rings. The van der Waals surface area contributed by atoms with Gasteiger partial charge in [0, 0.05) is 38.0 Å². The maximum atomic E-state index is 11.9. The van der Waals surface area contributed by atoms with Crippen molar-refractivity contribution in [1.29, 1.82) is 0 Å². The van der Waals surface area contributed by atoms with E-state index in [0.29, 0.717) is 5.69 Å². The number of nitrogens with zero attached hydrogens (tertiary/aromatic N) is 3. The Morgan fingerprint density at radius 2 is 2.25 bits per heavy atom. The van der Waals surface area contributed by atoms with Crippen molar-refractivity contribution in [3.8, 4) is 11.4 Å². The van der Waals surface area contributed by atoms with Gasteiger partial charge in [0.25, 0.3) is 0 Å². The summed E-state index contributed by atoms with van der Waals surface area (Å²) in [6.07, 6.45) is 2.90. The number of carbonyl (C=O) groups excluding carboxylic acids is 1. The van der Waals surface area contributed by atoms with Crippen LogP contribution in [0, 0.1) is 0 Å². The fraction of sp³-hybridized carbons (Fsp3) is 0.143. The molecule has 1 aromatic heterocycles. The number of benzene rings is 1. The largest absolute Gasteiger partial charge is 0.508 e. The normalized spacial score (nSPS) is 10.8. The van der Waals surface area contributed by atoms with Gasteiger partial charge in [-0.2, -0.15) is 5.10 Å². The van der Waals surface area contributed by atoms with Crippen molar-refractivity contribution in [2.75, 3.05) is 7.05 Å². The molecule has 102 valence electrons. The second kappa shape index (κ2) is 5.92. The van der Waals surface area contributed by atoms with Gasteiger partial charge < -0.3 is 10.1 Å². The Labute approximate surface area is 115 Å². The number of carbonyl (C=O) groups is 1. The van der Waals surface area contributed by atoms with Crippen molar-refractivity contribution in [3.63, 3.8) is 0 Å². The molecule has 0 radical (unpaired) electrons. The average molecular weight is 271 g/mol. The van der Waals surface area contributed by atoms with Gasteiger partial charge in [0.1, 0.15) is 5.75 Å². The lowest BCUT2D eigenvalue weighted by Gasteiger charge is -2.06. The van der Waals surface area contributed by atoms with Gasteiger partial charge in [-0.1, -0.05) is 6.07 Å². The van der Waals surface area contributed by atoms with E-state index in [1.165, 1.54) is 35.3 Å². The highest BCUT2D eigenvalue weighted by Gasteiger charge is 2.12. The molecule has 0 saturated carbocycles. The van der Waals surface area contributed by atoms with E-state index in [-0.39, 0.29) is 17.9 Å². The third-order valence-electron chi connectivity index (χ3n) is 2.63. The number of aromatic hydroxyl groups is 1. The summed E-state index contributed by atoms with van der Waals surface area (Å²) in [6, 6.07) is 7.64. The van der Waals surface area contributed by atoms with Crippen LogP contribution in [0.2, 0.25) is 0 Å². The zero-order valence-electron chi connectivity index (χ0n) is 10.9. The molecule has 6 heteroatoms. The summed E-state index contributed by atoms with van der Waals surface area (Å²) in [5.74, 6) is -0.316. The van der Waals surface area contributed by atoms with Crippen molar-refractivity contribution >= 4 is 12.0 Å². The van der Waals surface area contributed by atoms with Gasteiger partial charge in [-0.15, -0.1) is 0 Å². The van der Waals surface area contributed by atoms with Crippen LogP contribution >= 0.6 is 0 Å². The lowest BCUT2D eigenvalue weighted by Crippen LogP contribution is -2.20. The molecule has 0 saturated heterocycles. The zero-order valence-corrected chi connectivity index (χ0v) is 10.9. The second-order valence-electron chi connectivity index (χ2n) is 4.06. The lowest BCUT2D eigenvalue weighted by molar-refractivity contribution is 0.0994. The monoisotopic (exact) mass is 271 g/mol. The van der Waals surface area contributed by atoms with Gasteiger partial charge in [0.05, 0.1) is 5.69 Å². The molecular formula is C14H13N3O3. The minimum atomic E-state index is -0.434. The molecule has 20 heavy (non-hydrogen) atoms. The summed E-state index contributed by atoms with van der Waals surface area (Å²) >= 11 is 0. The topological polar surface area (TPSA) is 84.6 Å². The molecule has 1 N–H and O–H groups in total. The number of phenolic OH excluding ortho intramolecular Hbond substituents is 1. The van der Waals surface area contributed by atoms with E-state index in [9.17, 15) is 14.7 Å². The molecule has 1 heterocycles. The number of Topliss-reactive ketones (excluding diaryl/α,β-unsaturated/α-hetero) is 1. The highest BCUT2D eigenvalue weighted by molar-refractivity contribution is 6.02. The fourth-order valence-electron chi connectivity index (χ4n) is 1.65. The van der Waals surface area contributed by atoms with Crippen molar-refractivity contribution < 1.29 is 9.90 Å². The highest BCUT2D eigenvalue weighted by Crippen LogP contribution is 2.13. The summed E-state index contributed by atoms with van der Waals surface area (Å²) in [7, 11) is 1.55. The Morgan fingerprint density at radius 3 is 2.95 bits per heavy atom. The molecule has 0 fully saturated rings. The Hall–Kier alpha value is -2.76. The maximum absolute atomic E-state index is 11.9. The Bertz CT molecular complexity index is 720. The predicted octanol–water partition coefficient (Wildman–Crippen LogP) is 1.21. The number of aromatic nitrogens is 2. The molecule has 0 aliphatic heterocycles. The van der Waals surface area contributed by atoms with Gasteiger partial charge in [0.2, 0.25) is 5.43 Å². The summed E-state index contributed by atoms with van der Waals surface area (Å²) in [5, 5.41) is 13.5. The number of aliphatic imine (C=N–C) groups is 1. The quantitative estimate of drug-likeness (QED) is 0.669. The van der Waals surface area contributed by atoms with Crippen molar-refractivity contribution in [2.24, 2.45) is 4.99 Å². The SMILES string of the molecule is CN=CCC(=O)c1nn(-c2cccc(O)c2)ccc1=O. The van der Waals surface area contributed by atoms with Crippen molar-refractivity contribution in [3.05, 3.63) is 52.4 Å². The maximum Gasteiger partial charge on any atom is 0.211 e. The molecule has 2 rings (SSSR count). The third kappa shape index (κ3) is 2.97. The van der Waals surface area contributed by atoms with Gasteiger partial charge in [-0.25, -0.2) is 4.68 Å². The van der Waals surface area contributed by atoms with E-state index in [1.807, 2.05) is 0 Å². The molecule has 2 aromatic rings. The Morgan fingerprint density at radius 1 is 1.45 bits per heavy atom. The second-order valence-corrected chi connectivity index (χ2v) is 4.06. The fourth-order valence-corrected chi connectivity index (χ4v) is 1.65. The summed E-state index contributed by atoms with van der Waals surface area (Å²) < 4.78 is 1.37. The molecule has 0 atom stereocenters. The summed E-state index contributed by atoms with van der Waals surface area (Å²) in [5.41, 5.74) is -0.0187. The van der Waals surface area contributed by atoms with Gasteiger partial charge in [-0.3, -0.25) is 9.59 Å². The van der Waals surface area contributed by atoms with Crippen molar-refractivity contribution in [1.82, 2.24) is 9.78 Å². The van der Waals surface area contributed by atoms with Crippen LogP contribution in [0.25, 0.3) is 5.69 Å². The first-order valence-electron chi connectivity index (χ1n) is 5.95. The molecule has 0 spiro atoms. The van der Waals surface area contributed by atoms with Crippen LogP contribution in [0.4, 0.5) is 0 Å². The first kappa shape index (κ1) is 13.7. The minimum absolute atomic E-state index is 0.0305. The Balaban J connectivity index is 2.43. The number of hydrogen-bond donors (Lipinski definition) is 1. The van der Waals surface area contributed by atoms with Crippen LogP contribution in [0.1, 0.15) is 16.9 Å². The standard InChI is InChI=1S/C14H13N3O3/c1-15-7-5-12(19)14-13(20)6-8-17(16-14)10-3-2-4-11(18)9-10/h2-4,6-9,18H,5H2,1H3. The molecule has 0 unspecified atom stereocenters. The van der Waals surface area contributed by atoms with E-state index in [2.05, 4.69) is 10.1 Å². The summed E-state index contributed by atoms with van der Waals surface area (Å²) in [4.78, 5) is 27.2. The van der Waals surface area contributed by atoms with Crippen LogP contribution < -0.4 is 5.43 Å². The van der Waals surface area contributed by atoms with E-state index >= 15 is 0 Å². The number of rotatable bonds is 4.